The van der Waals surface area contributed by atoms with E-state index in [-0.39, 0.29) is 12.1 Å². The molecule has 1 aliphatic carbocycles. The number of rotatable bonds is 6. The summed E-state index contributed by atoms with van der Waals surface area (Å²) in [5.41, 5.74) is 8.13. The van der Waals surface area contributed by atoms with E-state index in [4.69, 9.17) is 10.5 Å². The number of nitrogens with two attached hydrogens (primary N) is 1. The van der Waals surface area contributed by atoms with Gasteiger partial charge in [-0.25, -0.2) is 0 Å². The van der Waals surface area contributed by atoms with Crippen molar-refractivity contribution in [1.29, 1.82) is 0 Å². The second kappa shape index (κ2) is 6.48. The Morgan fingerprint density at radius 2 is 2.32 bits per heavy atom. The lowest BCUT2D eigenvalue weighted by Gasteiger charge is -2.29. The number of nitrogens with one attached hydrogen (secondary N) is 2. The number of methoxy groups -OCH3 is 1. The summed E-state index contributed by atoms with van der Waals surface area (Å²) in [4.78, 5) is 0. The van der Waals surface area contributed by atoms with Crippen LogP contribution in [0.5, 0.6) is 0 Å². The fourth-order valence-electron chi connectivity index (χ4n) is 2.27. The van der Waals surface area contributed by atoms with Gasteiger partial charge in [-0.15, -0.1) is 0 Å². The lowest BCUT2D eigenvalue weighted by atomic mass is 9.95. The van der Waals surface area contributed by atoms with Crippen LogP contribution in [0.4, 0.5) is 0 Å². The van der Waals surface area contributed by atoms with Crippen LogP contribution in [0.15, 0.2) is 47.5 Å². The number of allylic oxidation sites excluding steroid dienone is 3. The third-order valence-electron chi connectivity index (χ3n) is 3.30. The van der Waals surface area contributed by atoms with Crippen LogP contribution in [0.2, 0.25) is 0 Å². The molecule has 0 spiro atoms. The van der Waals surface area contributed by atoms with Crippen LogP contribution in [0, 0.1) is 0 Å². The molecule has 4 heteroatoms. The number of hydrogen-bond acceptors (Lipinski definition) is 4. The van der Waals surface area contributed by atoms with E-state index < -0.39 is 0 Å². The van der Waals surface area contributed by atoms with Crippen LogP contribution < -0.4 is 16.4 Å². The van der Waals surface area contributed by atoms with E-state index in [0.717, 1.165) is 30.8 Å². The first-order valence-corrected chi connectivity index (χ1v) is 6.80. The maximum atomic E-state index is 5.76. The predicted octanol–water partition coefficient (Wildman–Crippen LogP) is 1.54. The number of hydrogen-bond donors (Lipinski definition) is 3. The van der Waals surface area contributed by atoms with Crippen molar-refractivity contribution in [2.45, 2.75) is 31.8 Å². The van der Waals surface area contributed by atoms with E-state index in [0.29, 0.717) is 0 Å². The van der Waals surface area contributed by atoms with Crippen molar-refractivity contribution in [1.82, 2.24) is 10.6 Å². The molecule has 0 aromatic heterocycles. The highest BCUT2D eigenvalue weighted by molar-refractivity contribution is 5.46. The molecule has 104 valence electrons. The predicted molar refractivity (Wildman–Crippen MR) is 78.2 cm³/mol. The molecule has 4 N–H and O–H groups in total. The van der Waals surface area contributed by atoms with Gasteiger partial charge in [0.1, 0.15) is 5.76 Å². The van der Waals surface area contributed by atoms with Gasteiger partial charge in [0, 0.05) is 24.4 Å². The Morgan fingerprint density at radius 3 is 3.05 bits per heavy atom. The van der Waals surface area contributed by atoms with E-state index in [9.17, 15) is 0 Å². The summed E-state index contributed by atoms with van der Waals surface area (Å²) in [6.07, 6.45) is 12.3. The van der Waals surface area contributed by atoms with Crippen LogP contribution in [-0.2, 0) is 4.74 Å². The first kappa shape index (κ1) is 13.7. The van der Waals surface area contributed by atoms with Gasteiger partial charge in [0.05, 0.1) is 13.2 Å². The molecule has 19 heavy (non-hydrogen) atoms. The Bertz CT molecular complexity index is 433. The Balaban J connectivity index is 1.98. The molecular formula is C15H23N3O. The maximum Gasteiger partial charge on any atom is 0.121 e. The van der Waals surface area contributed by atoms with Crippen LogP contribution in [0.25, 0.3) is 0 Å². The molecule has 1 heterocycles. The Hall–Kier alpha value is -1.68. The molecule has 2 unspecified atom stereocenters. The third-order valence-corrected chi connectivity index (χ3v) is 3.30. The number of fused-ring (bicyclic) bond motifs is 1. The van der Waals surface area contributed by atoms with Gasteiger partial charge in [-0.05, 0) is 43.7 Å². The van der Waals surface area contributed by atoms with Crippen LogP contribution in [0.1, 0.15) is 19.8 Å². The van der Waals surface area contributed by atoms with Gasteiger partial charge < -0.3 is 21.1 Å². The van der Waals surface area contributed by atoms with Crippen LogP contribution in [-0.4, -0.2) is 25.7 Å². The zero-order chi connectivity index (χ0) is 13.7. The van der Waals surface area contributed by atoms with Crippen molar-refractivity contribution in [2.75, 3.05) is 13.7 Å². The van der Waals surface area contributed by atoms with Crippen molar-refractivity contribution < 1.29 is 4.74 Å². The zero-order valence-electron chi connectivity index (χ0n) is 11.6. The molecule has 4 nitrogen and oxygen atoms in total. The largest absolute Gasteiger partial charge is 0.497 e. The minimum absolute atomic E-state index is 0.208. The highest BCUT2D eigenvalue weighted by atomic mass is 16.5. The van der Waals surface area contributed by atoms with Gasteiger partial charge in [0.25, 0.3) is 0 Å². The molecule has 0 saturated heterocycles. The van der Waals surface area contributed by atoms with E-state index in [2.05, 4.69) is 28.9 Å². The van der Waals surface area contributed by atoms with Gasteiger partial charge >= 0.3 is 0 Å². The first-order chi connectivity index (χ1) is 9.20. The van der Waals surface area contributed by atoms with E-state index in [1.165, 1.54) is 5.57 Å². The lowest BCUT2D eigenvalue weighted by Crippen LogP contribution is -2.38. The van der Waals surface area contributed by atoms with Crippen molar-refractivity contribution in [3.8, 4) is 0 Å². The zero-order valence-corrected chi connectivity index (χ0v) is 11.6. The summed E-state index contributed by atoms with van der Waals surface area (Å²) in [6, 6.07) is 0.474. The Labute approximate surface area is 115 Å². The van der Waals surface area contributed by atoms with Crippen molar-refractivity contribution >= 4 is 0 Å². The monoisotopic (exact) mass is 261 g/mol. The van der Waals surface area contributed by atoms with E-state index in [1.54, 1.807) is 7.11 Å². The van der Waals surface area contributed by atoms with Gasteiger partial charge in [-0.3, -0.25) is 0 Å². The summed E-state index contributed by atoms with van der Waals surface area (Å²) < 4.78 is 5.35. The fraction of sp³-hybridized carbons (Fsp3) is 0.467. The normalized spacial score (nSPS) is 22.5. The molecular weight excluding hydrogens is 238 g/mol. The summed E-state index contributed by atoms with van der Waals surface area (Å²) in [6.45, 7) is 2.97. The van der Waals surface area contributed by atoms with Gasteiger partial charge in [-0.2, -0.15) is 0 Å². The number of dihydropyridines is 1. The summed E-state index contributed by atoms with van der Waals surface area (Å²) in [7, 11) is 1.70. The average Bonchev–Trinajstić information content (AvgIpc) is 2.42. The fourth-order valence-corrected chi connectivity index (χ4v) is 2.27. The van der Waals surface area contributed by atoms with Gasteiger partial charge in [-0.1, -0.05) is 6.08 Å². The standard InChI is InChI=1S/C15H23N3O/c1-11(16)5-3-7-17-14-10-13(19-2)9-12-6-4-8-18-15(12)14/h4,6,8-11,15,17-18H,3,5,7,16H2,1-2H3. The minimum Gasteiger partial charge on any atom is -0.497 e. The molecule has 0 bridgehead atoms. The summed E-state index contributed by atoms with van der Waals surface area (Å²) in [5, 5.41) is 6.85. The maximum absolute atomic E-state index is 5.76. The highest BCUT2D eigenvalue weighted by Gasteiger charge is 2.22. The summed E-state index contributed by atoms with van der Waals surface area (Å²) >= 11 is 0. The molecule has 0 saturated carbocycles. The molecule has 1 aliphatic heterocycles. The third kappa shape index (κ3) is 3.64. The van der Waals surface area contributed by atoms with Crippen LogP contribution >= 0.6 is 0 Å². The molecule has 0 radical (unpaired) electrons. The molecule has 2 aliphatic rings. The summed E-state index contributed by atoms with van der Waals surface area (Å²) in [5.74, 6) is 0.884. The smallest absolute Gasteiger partial charge is 0.121 e. The quantitative estimate of drug-likeness (QED) is 0.635. The van der Waals surface area contributed by atoms with Gasteiger partial charge in [0.15, 0.2) is 0 Å². The Morgan fingerprint density at radius 1 is 1.47 bits per heavy atom. The SMILES string of the molecule is COC1=CC2=CC=CNC2C(NCCCC(C)N)=C1. The Kier molecular flexibility index (Phi) is 4.68. The topological polar surface area (TPSA) is 59.3 Å². The second-order valence-electron chi connectivity index (χ2n) is 5.02. The molecule has 0 aromatic rings. The molecule has 0 fully saturated rings. The van der Waals surface area contributed by atoms with E-state index >= 15 is 0 Å². The van der Waals surface area contributed by atoms with Crippen molar-refractivity contribution in [2.24, 2.45) is 5.73 Å². The first-order valence-electron chi connectivity index (χ1n) is 6.80. The van der Waals surface area contributed by atoms with E-state index in [1.807, 2.05) is 19.2 Å². The van der Waals surface area contributed by atoms with Gasteiger partial charge in [0.2, 0.25) is 0 Å². The second-order valence-corrected chi connectivity index (χ2v) is 5.02. The molecule has 0 aromatic carbocycles. The minimum atomic E-state index is 0.208. The van der Waals surface area contributed by atoms with Crippen LogP contribution in [0.3, 0.4) is 0 Å². The molecule has 2 rings (SSSR count). The molecule has 2 atom stereocenters. The highest BCUT2D eigenvalue weighted by Crippen LogP contribution is 2.23. The average molecular weight is 261 g/mol. The number of ether oxygens (including phenoxy) is 1. The van der Waals surface area contributed by atoms with Crippen molar-refractivity contribution in [3.63, 3.8) is 0 Å². The lowest BCUT2D eigenvalue weighted by molar-refractivity contribution is 0.303. The molecule has 0 amide bonds. The van der Waals surface area contributed by atoms with Crippen molar-refractivity contribution in [3.05, 3.63) is 47.5 Å².